The Labute approximate surface area is 136 Å². The van der Waals surface area contributed by atoms with E-state index in [4.69, 9.17) is 4.74 Å². The van der Waals surface area contributed by atoms with Gasteiger partial charge in [-0.15, -0.1) is 0 Å². The number of nitrogens with one attached hydrogen (secondary N) is 1. The number of ether oxygens (including phenoxy) is 1. The molecule has 2 aromatic carbocycles. The molecule has 0 saturated carbocycles. The lowest BCUT2D eigenvalue weighted by molar-refractivity contribution is -0.121. The van der Waals surface area contributed by atoms with E-state index in [2.05, 4.69) is 11.4 Å². The van der Waals surface area contributed by atoms with Crippen molar-refractivity contribution in [2.45, 2.75) is 25.2 Å². The second-order valence-corrected chi connectivity index (χ2v) is 5.84. The molecule has 4 heteroatoms. The Hall–Kier alpha value is -2.49. The van der Waals surface area contributed by atoms with Crippen molar-refractivity contribution in [2.24, 2.45) is 0 Å². The van der Waals surface area contributed by atoms with Crippen LogP contribution in [-0.2, 0) is 11.2 Å². The molecular formula is C19H21NO3. The third-order valence-electron chi connectivity index (χ3n) is 4.21. The van der Waals surface area contributed by atoms with Crippen molar-refractivity contribution >= 4 is 5.91 Å². The zero-order valence-electron chi connectivity index (χ0n) is 13.0. The van der Waals surface area contributed by atoms with E-state index in [0.29, 0.717) is 31.9 Å². The third kappa shape index (κ3) is 4.03. The van der Waals surface area contributed by atoms with Crippen molar-refractivity contribution in [2.75, 3.05) is 13.2 Å². The molecule has 4 nitrogen and oxygen atoms in total. The van der Waals surface area contributed by atoms with Gasteiger partial charge in [0.1, 0.15) is 11.5 Å². The van der Waals surface area contributed by atoms with Crippen LogP contribution in [0.15, 0.2) is 48.5 Å². The number of phenolic OH excluding ortho intramolecular Hbond substituents is 1. The van der Waals surface area contributed by atoms with Crippen molar-refractivity contribution in [3.8, 4) is 11.5 Å². The van der Waals surface area contributed by atoms with Crippen LogP contribution < -0.4 is 10.1 Å². The van der Waals surface area contributed by atoms with Gasteiger partial charge in [-0.2, -0.15) is 0 Å². The minimum atomic E-state index is 0.0575. The van der Waals surface area contributed by atoms with Crippen LogP contribution in [0, 0.1) is 0 Å². The van der Waals surface area contributed by atoms with Crippen LogP contribution in [0.2, 0.25) is 0 Å². The topological polar surface area (TPSA) is 58.6 Å². The number of phenols is 1. The van der Waals surface area contributed by atoms with E-state index in [9.17, 15) is 9.90 Å². The number of amides is 1. The van der Waals surface area contributed by atoms with Crippen molar-refractivity contribution in [3.05, 3.63) is 59.7 Å². The highest BCUT2D eigenvalue weighted by Crippen LogP contribution is 2.32. The zero-order chi connectivity index (χ0) is 16.1. The Morgan fingerprint density at radius 2 is 1.96 bits per heavy atom. The predicted molar refractivity (Wildman–Crippen MR) is 88.7 cm³/mol. The summed E-state index contributed by atoms with van der Waals surface area (Å²) in [7, 11) is 0. The van der Waals surface area contributed by atoms with Gasteiger partial charge < -0.3 is 15.2 Å². The lowest BCUT2D eigenvalue weighted by atomic mass is 9.93. The molecule has 23 heavy (non-hydrogen) atoms. The molecule has 0 aromatic heterocycles. The van der Waals surface area contributed by atoms with E-state index >= 15 is 0 Å². The first kappa shape index (κ1) is 15.4. The van der Waals surface area contributed by atoms with Crippen LogP contribution in [0.25, 0.3) is 0 Å². The van der Waals surface area contributed by atoms with Crippen LogP contribution in [0.5, 0.6) is 11.5 Å². The molecule has 1 aliphatic rings. The number of carbonyl (C=O) groups is 1. The Kier molecular flexibility index (Phi) is 4.81. The molecule has 0 saturated heterocycles. The summed E-state index contributed by atoms with van der Waals surface area (Å²) in [4.78, 5) is 12.0. The van der Waals surface area contributed by atoms with Crippen molar-refractivity contribution < 1.29 is 14.6 Å². The highest BCUT2D eigenvalue weighted by Gasteiger charge is 2.21. The average molecular weight is 311 g/mol. The predicted octanol–water partition coefficient (Wildman–Crippen LogP) is 3.01. The van der Waals surface area contributed by atoms with Crippen LogP contribution >= 0.6 is 0 Å². The van der Waals surface area contributed by atoms with E-state index in [-0.39, 0.29) is 11.7 Å². The number of benzene rings is 2. The summed E-state index contributed by atoms with van der Waals surface area (Å²) in [6.45, 7) is 1.35. The maximum atomic E-state index is 12.0. The molecule has 0 fully saturated rings. The van der Waals surface area contributed by atoms with E-state index in [1.165, 1.54) is 5.56 Å². The van der Waals surface area contributed by atoms with E-state index in [0.717, 1.165) is 17.7 Å². The van der Waals surface area contributed by atoms with Gasteiger partial charge in [-0.25, -0.2) is 0 Å². The van der Waals surface area contributed by atoms with Gasteiger partial charge in [0, 0.05) is 18.9 Å². The number of para-hydroxylation sites is 1. The molecule has 1 atom stereocenters. The van der Waals surface area contributed by atoms with Gasteiger partial charge in [-0.3, -0.25) is 4.79 Å². The molecule has 1 aliphatic heterocycles. The normalized spacial score (nSPS) is 16.3. The Morgan fingerprint density at radius 3 is 2.78 bits per heavy atom. The standard InChI is InChI=1S/C19H21NO3/c21-16-8-5-14(6-9-16)7-10-19(22)20-13-15-11-12-23-18-4-2-1-3-17(15)18/h1-6,8-9,15,21H,7,10-13H2,(H,20,22)/t15-/m1/s1. The maximum absolute atomic E-state index is 12.0. The molecule has 0 unspecified atom stereocenters. The Bertz CT molecular complexity index is 667. The van der Waals surface area contributed by atoms with Gasteiger partial charge in [0.25, 0.3) is 0 Å². The maximum Gasteiger partial charge on any atom is 0.220 e. The van der Waals surface area contributed by atoms with Crippen molar-refractivity contribution in [1.29, 1.82) is 0 Å². The number of hydrogen-bond donors (Lipinski definition) is 2. The smallest absolute Gasteiger partial charge is 0.220 e. The van der Waals surface area contributed by atoms with Crippen LogP contribution in [0.4, 0.5) is 0 Å². The van der Waals surface area contributed by atoms with Crippen LogP contribution in [-0.4, -0.2) is 24.2 Å². The summed E-state index contributed by atoms with van der Waals surface area (Å²) < 4.78 is 5.64. The molecule has 1 amide bonds. The fourth-order valence-corrected chi connectivity index (χ4v) is 2.87. The third-order valence-corrected chi connectivity index (χ3v) is 4.21. The minimum absolute atomic E-state index is 0.0575. The van der Waals surface area contributed by atoms with Gasteiger partial charge in [-0.05, 0) is 42.2 Å². The first-order valence-corrected chi connectivity index (χ1v) is 7.99. The zero-order valence-corrected chi connectivity index (χ0v) is 13.0. The summed E-state index contributed by atoms with van der Waals surface area (Å²) in [5.41, 5.74) is 2.23. The van der Waals surface area contributed by atoms with Gasteiger partial charge in [0.05, 0.1) is 6.61 Å². The van der Waals surface area contributed by atoms with E-state index in [1.807, 2.05) is 30.3 Å². The van der Waals surface area contributed by atoms with Gasteiger partial charge in [-0.1, -0.05) is 30.3 Å². The number of fused-ring (bicyclic) bond motifs is 1. The lowest BCUT2D eigenvalue weighted by Crippen LogP contribution is -2.30. The number of aryl methyl sites for hydroxylation is 1. The molecule has 120 valence electrons. The number of aromatic hydroxyl groups is 1. The fraction of sp³-hybridized carbons (Fsp3) is 0.316. The first-order chi connectivity index (χ1) is 11.2. The average Bonchev–Trinajstić information content (AvgIpc) is 2.59. The van der Waals surface area contributed by atoms with Gasteiger partial charge in [0.15, 0.2) is 0 Å². The van der Waals surface area contributed by atoms with Crippen molar-refractivity contribution in [1.82, 2.24) is 5.32 Å². The number of hydrogen-bond acceptors (Lipinski definition) is 3. The van der Waals surface area contributed by atoms with Crippen LogP contribution in [0.3, 0.4) is 0 Å². The summed E-state index contributed by atoms with van der Waals surface area (Å²) in [5, 5.41) is 12.3. The molecule has 0 bridgehead atoms. The molecule has 2 aromatic rings. The molecule has 0 radical (unpaired) electrons. The monoisotopic (exact) mass is 311 g/mol. The van der Waals surface area contributed by atoms with Crippen LogP contribution in [0.1, 0.15) is 29.9 Å². The van der Waals surface area contributed by atoms with Crippen molar-refractivity contribution in [3.63, 3.8) is 0 Å². The van der Waals surface area contributed by atoms with Gasteiger partial charge in [0.2, 0.25) is 5.91 Å². The number of rotatable bonds is 5. The first-order valence-electron chi connectivity index (χ1n) is 7.99. The summed E-state index contributed by atoms with van der Waals surface area (Å²) in [6, 6.07) is 15.0. The number of carbonyl (C=O) groups excluding carboxylic acids is 1. The molecule has 3 rings (SSSR count). The molecule has 0 aliphatic carbocycles. The quantitative estimate of drug-likeness (QED) is 0.892. The molecular weight excluding hydrogens is 290 g/mol. The summed E-state index contributed by atoms with van der Waals surface area (Å²) in [6.07, 6.45) is 2.06. The highest BCUT2D eigenvalue weighted by molar-refractivity contribution is 5.76. The molecule has 0 spiro atoms. The SMILES string of the molecule is O=C(CCc1ccc(O)cc1)NC[C@H]1CCOc2ccccc21. The minimum Gasteiger partial charge on any atom is -0.508 e. The molecule has 1 heterocycles. The van der Waals surface area contributed by atoms with E-state index < -0.39 is 0 Å². The Balaban J connectivity index is 1.49. The molecule has 2 N–H and O–H groups in total. The lowest BCUT2D eigenvalue weighted by Gasteiger charge is -2.26. The van der Waals surface area contributed by atoms with Gasteiger partial charge >= 0.3 is 0 Å². The summed E-state index contributed by atoms with van der Waals surface area (Å²) in [5.74, 6) is 1.55. The summed E-state index contributed by atoms with van der Waals surface area (Å²) >= 11 is 0. The second-order valence-electron chi connectivity index (χ2n) is 5.84. The highest BCUT2D eigenvalue weighted by atomic mass is 16.5. The fourth-order valence-electron chi connectivity index (χ4n) is 2.87. The largest absolute Gasteiger partial charge is 0.508 e. The van der Waals surface area contributed by atoms with E-state index in [1.54, 1.807) is 12.1 Å². The Morgan fingerprint density at radius 1 is 1.17 bits per heavy atom. The second kappa shape index (κ2) is 7.18.